The van der Waals surface area contributed by atoms with Gasteiger partial charge in [-0.3, -0.25) is 10.1 Å². The number of aromatic nitrogens is 6. The van der Waals surface area contributed by atoms with Crippen molar-refractivity contribution in [2.75, 3.05) is 11.9 Å². The molecule has 0 aliphatic carbocycles. The third kappa shape index (κ3) is 2.61. The Balaban J connectivity index is 1.53. The van der Waals surface area contributed by atoms with E-state index in [0.29, 0.717) is 12.4 Å². The molecule has 0 saturated carbocycles. The van der Waals surface area contributed by atoms with Gasteiger partial charge in [-0.1, -0.05) is 6.07 Å². The zero-order chi connectivity index (χ0) is 21.9. The van der Waals surface area contributed by atoms with E-state index in [0.717, 1.165) is 64.4 Å². The van der Waals surface area contributed by atoms with Crippen LogP contribution in [0.2, 0.25) is 0 Å². The molecule has 2 aliphatic heterocycles. The number of nitrogens with one attached hydrogen (secondary N) is 2. The molecule has 0 bridgehead atoms. The highest BCUT2D eigenvalue weighted by molar-refractivity contribution is 6.07. The fourth-order valence-corrected chi connectivity index (χ4v) is 4.85. The average molecular weight is 426 g/mol. The lowest BCUT2D eigenvalue weighted by Crippen LogP contribution is -2.43. The molecule has 0 radical (unpaired) electrons. The van der Waals surface area contributed by atoms with Gasteiger partial charge in [0.2, 0.25) is 5.91 Å². The zero-order valence-electron chi connectivity index (χ0n) is 17.9. The molecule has 2 aliphatic rings. The molecular formula is C23H22N8O. The van der Waals surface area contributed by atoms with Crippen LogP contribution in [0.1, 0.15) is 31.2 Å². The monoisotopic (exact) mass is 426 g/mol. The van der Waals surface area contributed by atoms with Gasteiger partial charge in [-0.15, -0.1) is 0 Å². The number of fused-ring (bicyclic) bond motifs is 3. The Morgan fingerprint density at radius 1 is 1.12 bits per heavy atom. The van der Waals surface area contributed by atoms with Crippen molar-refractivity contribution in [3.8, 4) is 22.6 Å². The molecule has 5 heterocycles. The summed E-state index contributed by atoms with van der Waals surface area (Å²) in [6.45, 7) is 5.45. The third-order valence-corrected chi connectivity index (χ3v) is 6.43. The Bertz CT molecular complexity index is 1370. The number of anilines is 1. The summed E-state index contributed by atoms with van der Waals surface area (Å²) < 4.78 is 2.05. The van der Waals surface area contributed by atoms with Gasteiger partial charge in [0.15, 0.2) is 5.65 Å². The second kappa shape index (κ2) is 6.89. The van der Waals surface area contributed by atoms with Crippen LogP contribution in [0, 0.1) is 6.92 Å². The maximum absolute atomic E-state index is 12.8. The number of aryl methyl sites for hydroxylation is 2. The molecule has 1 fully saturated rings. The van der Waals surface area contributed by atoms with Crippen molar-refractivity contribution in [3.63, 3.8) is 0 Å². The lowest BCUT2D eigenvalue weighted by atomic mass is 9.88. The highest BCUT2D eigenvalue weighted by Gasteiger charge is 2.48. The van der Waals surface area contributed by atoms with Crippen molar-refractivity contribution in [3.05, 3.63) is 48.3 Å². The van der Waals surface area contributed by atoms with Crippen molar-refractivity contribution in [2.45, 2.75) is 38.8 Å². The molecule has 1 spiro atoms. The van der Waals surface area contributed by atoms with Crippen molar-refractivity contribution in [1.82, 2.24) is 34.8 Å². The van der Waals surface area contributed by atoms with Crippen LogP contribution in [0.4, 0.5) is 5.69 Å². The van der Waals surface area contributed by atoms with Crippen LogP contribution in [-0.2, 0) is 16.9 Å². The lowest BCUT2D eigenvalue weighted by molar-refractivity contribution is -0.121. The predicted molar refractivity (Wildman–Crippen MR) is 120 cm³/mol. The standard InChI is InChI=1S/C23H22N8O/c1-3-31-20(15-10-24-13(2)25-11-15)30-19-18(26-12-27-21(19)31)14-5-6-17-16(9-14)23(22(32)29-17)7-4-8-28-23/h5-6,9-12,28H,3-4,7-8H2,1-2H3,(H,29,32)/t23-/m1/s1. The number of amides is 1. The minimum absolute atomic E-state index is 0.0203. The molecule has 4 aromatic rings. The van der Waals surface area contributed by atoms with Gasteiger partial charge in [0, 0.05) is 35.8 Å². The van der Waals surface area contributed by atoms with Gasteiger partial charge in [0.05, 0.1) is 5.56 Å². The molecule has 6 rings (SSSR count). The van der Waals surface area contributed by atoms with Gasteiger partial charge in [0.1, 0.15) is 34.7 Å². The molecule has 3 aromatic heterocycles. The molecule has 1 atom stereocenters. The van der Waals surface area contributed by atoms with Crippen LogP contribution < -0.4 is 10.6 Å². The summed E-state index contributed by atoms with van der Waals surface area (Å²) in [6, 6.07) is 6.00. The topological polar surface area (TPSA) is 111 Å². The number of imidazole rings is 1. The third-order valence-electron chi connectivity index (χ3n) is 6.43. The number of hydrogen-bond donors (Lipinski definition) is 2. The van der Waals surface area contributed by atoms with Gasteiger partial charge in [-0.05, 0) is 45.4 Å². The summed E-state index contributed by atoms with van der Waals surface area (Å²) in [5.74, 6) is 1.49. The van der Waals surface area contributed by atoms with Crippen LogP contribution in [-0.4, -0.2) is 41.9 Å². The van der Waals surface area contributed by atoms with E-state index in [4.69, 9.17) is 4.98 Å². The van der Waals surface area contributed by atoms with Crippen molar-refractivity contribution >= 4 is 22.8 Å². The van der Waals surface area contributed by atoms with Gasteiger partial charge < -0.3 is 9.88 Å². The van der Waals surface area contributed by atoms with Gasteiger partial charge in [-0.25, -0.2) is 24.9 Å². The first-order chi connectivity index (χ1) is 15.6. The molecule has 2 N–H and O–H groups in total. The number of carbonyl (C=O) groups excluding carboxylic acids is 1. The number of nitrogens with zero attached hydrogens (tertiary/aromatic N) is 6. The Hall–Kier alpha value is -3.72. The van der Waals surface area contributed by atoms with Crippen LogP contribution in [0.15, 0.2) is 36.9 Å². The number of carbonyl (C=O) groups is 1. The van der Waals surface area contributed by atoms with Crippen molar-refractivity contribution in [2.24, 2.45) is 0 Å². The highest BCUT2D eigenvalue weighted by Crippen LogP contribution is 2.43. The fourth-order valence-electron chi connectivity index (χ4n) is 4.85. The first-order valence-electron chi connectivity index (χ1n) is 10.8. The Morgan fingerprint density at radius 2 is 1.97 bits per heavy atom. The van der Waals surface area contributed by atoms with Gasteiger partial charge in [0.25, 0.3) is 0 Å². The van der Waals surface area contributed by atoms with Crippen molar-refractivity contribution < 1.29 is 4.79 Å². The first kappa shape index (κ1) is 19.0. The summed E-state index contributed by atoms with van der Waals surface area (Å²) in [5, 5.41) is 6.45. The summed E-state index contributed by atoms with van der Waals surface area (Å²) in [5.41, 5.74) is 5.15. The van der Waals surface area contributed by atoms with E-state index < -0.39 is 5.54 Å². The molecule has 0 unspecified atom stereocenters. The van der Waals surface area contributed by atoms with Gasteiger partial charge in [-0.2, -0.15) is 0 Å². The minimum atomic E-state index is -0.648. The van der Waals surface area contributed by atoms with Crippen LogP contribution in [0.3, 0.4) is 0 Å². The maximum Gasteiger partial charge on any atom is 0.249 e. The summed E-state index contributed by atoms with van der Waals surface area (Å²) >= 11 is 0. The van der Waals surface area contributed by atoms with E-state index in [1.54, 1.807) is 18.7 Å². The highest BCUT2D eigenvalue weighted by atomic mass is 16.2. The second-order valence-electron chi connectivity index (χ2n) is 8.24. The molecule has 160 valence electrons. The summed E-state index contributed by atoms with van der Waals surface area (Å²) in [7, 11) is 0. The first-order valence-corrected chi connectivity index (χ1v) is 10.8. The van der Waals surface area contributed by atoms with E-state index in [9.17, 15) is 4.79 Å². The summed E-state index contributed by atoms with van der Waals surface area (Å²) in [4.78, 5) is 35.4. The van der Waals surface area contributed by atoms with Crippen LogP contribution in [0.5, 0.6) is 0 Å². The van der Waals surface area contributed by atoms with Gasteiger partial charge >= 0.3 is 0 Å². The molecule has 9 heteroatoms. The maximum atomic E-state index is 12.8. The normalized spacial score (nSPS) is 19.6. The fraction of sp³-hybridized carbons (Fsp3) is 0.304. The molecule has 1 amide bonds. The lowest BCUT2D eigenvalue weighted by Gasteiger charge is -2.21. The van der Waals surface area contributed by atoms with E-state index in [-0.39, 0.29) is 5.91 Å². The second-order valence-corrected chi connectivity index (χ2v) is 8.24. The predicted octanol–water partition coefficient (Wildman–Crippen LogP) is 2.81. The van der Waals surface area contributed by atoms with E-state index in [1.165, 1.54) is 0 Å². The Kier molecular flexibility index (Phi) is 4.09. The SMILES string of the molecule is CCn1c(-c2cnc(C)nc2)nc2c(-c3ccc4c(c3)[C@]3(CCCN3)C(=O)N4)ncnc21. The van der Waals surface area contributed by atoms with E-state index >= 15 is 0 Å². The molecule has 9 nitrogen and oxygen atoms in total. The molecular weight excluding hydrogens is 404 g/mol. The molecule has 1 saturated heterocycles. The average Bonchev–Trinajstić information content (AvgIpc) is 3.51. The minimum Gasteiger partial charge on any atom is -0.324 e. The smallest absolute Gasteiger partial charge is 0.249 e. The van der Waals surface area contributed by atoms with E-state index in [2.05, 4.69) is 43.6 Å². The van der Waals surface area contributed by atoms with Crippen LogP contribution in [0.25, 0.3) is 33.8 Å². The molecule has 32 heavy (non-hydrogen) atoms. The molecule has 1 aromatic carbocycles. The van der Waals surface area contributed by atoms with Crippen LogP contribution >= 0.6 is 0 Å². The zero-order valence-corrected chi connectivity index (χ0v) is 17.9. The Labute approximate surface area is 184 Å². The van der Waals surface area contributed by atoms with Crippen molar-refractivity contribution in [1.29, 1.82) is 0 Å². The number of hydrogen-bond acceptors (Lipinski definition) is 7. The number of rotatable bonds is 3. The largest absolute Gasteiger partial charge is 0.324 e. The number of benzene rings is 1. The summed E-state index contributed by atoms with van der Waals surface area (Å²) in [6.07, 6.45) is 6.89. The van der Waals surface area contributed by atoms with E-state index in [1.807, 2.05) is 23.6 Å². The Morgan fingerprint density at radius 3 is 2.72 bits per heavy atom. The quantitative estimate of drug-likeness (QED) is 0.518.